The third-order valence-electron chi connectivity index (χ3n) is 5.00. The van der Waals surface area contributed by atoms with Crippen LogP contribution in [-0.2, 0) is 17.8 Å². The van der Waals surface area contributed by atoms with Crippen LogP contribution in [0.4, 0.5) is 4.79 Å². The summed E-state index contributed by atoms with van der Waals surface area (Å²) < 4.78 is 5.41. The third kappa shape index (κ3) is 7.06. The molecule has 0 aromatic heterocycles. The highest BCUT2D eigenvalue weighted by molar-refractivity contribution is 5.67. The number of amides is 1. The summed E-state index contributed by atoms with van der Waals surface area (Å²) >= 11 is 0. The van der Waals surface area contributed by atoms with Gasteiger partial charge in [0, 0.05) is 6.04 Å². The van der Waals surface area contributed by atoms with Crippen molar-refractivity contribution in [2.75, 3.05) is 13.1 Å². The highest BCUT2D eigenvalue weighted by atomic mass is 16.5. The van der Waals surface area contributed by atoms with Crippen molar-refractivity contribution in [3.05, 3.63) is 78.2 Å². The fourth-order valence-corrected chi connectivity index (χ4v) is 3.46. The largest absolute Gasteiger partial charge is 0.445 e. The number of carbonyl (C=O) groups excluding carboxylic acids is 1. The average molecular weight is 365 g/mol. The molecule has 2 aromatic rings. The number of ether oxygens (including phenoxy) is 1. The Labute approximate surface area is 162 Å². The first-order valence-electron chi connectivity index (χ1n) is 9.85. The highest BCUT2D eigenvalue weighted by Crippen LogP contribution is 2.19. The summed E-state index contributed by atoms with van der Waals surface area (Å²) in [6.07, 6.45) is 6.06. The predicted molar refractivity (Wildman–Crippen MR) is 108 cm³/mol. The van der Waals surface area contributed by atoms with Gasteiger partial charge >= 0.3 is 6.09 Å². The molecule has 143 valence electrons. The molecule has 27 heavy (non-hydrogen) atoms. The average Bonchev–Trinajstić information content (AvgIpc) is 2.73. The van der Waals surface area contributed by atoms with Gasteiger partial charge in [-0.05, 0) is 62.2 Å². The molecular formula is C23H29N2O2. The fraction of sp³-hybridized carbons (Fsp3) is 0.391. The minimum atomic E-state index is -0.349. The molecule has 0 aliphatic carbocycles. The molecule has 2 aromatic carbocycles. The van der Waals surface area contributed by atoms with Gasteiger partial charge in [-0.1, -0.05) is 60.7 Å². The van der Waals surface area contributed by atoms with Crippen molar-refractivity contribution < 1.29 is 9.53 Å². The Morgan fingerprint density at radius 2 is 1.67 bits per heavy atom. The summed E-state index contributed by atoms with van der Waals surface area (Å²) in [6, 6.07) is 20.1. The lowest BCUT2D eigenvalue weighted by Crippen LogP contribution is -2.38. The topological polar surface area (TPSA) is 50.4 Å². The molecule has 1 aliphatic rings. The molecular weight excluding hydrogens is 336 g/mol. The SMILES string of the molecule is O=C(NC(C[CH]C1CCNCC1)Cc1ccccc1)OCc1ccccc1. The second-order valence-electron chi connectivity index (χ2n) is 7.15. The normalized spacial score (nSPS) is 15.9. The van der Waals surface area contributed by atoms with Crippen molar-refractivity contribution in [2.24, 2.45) is 5.92 Å². The number of carbonyl (C=O) groups is 1. The second-order valence-corrected chi connectivity index (χ2v) is 7.15. The standard InChI is InChI=1S/C23H29N2O2/c26-23(27-18-21-9-5-2-6-10-21)25-22(17-20-7-3-1-4-8-20)12-11-19-13-15-24-16-14-19/h1-11,19,22,24H,12-18H2,(H,25,26). The van der Waals surface area contributed by atoms with Gasteiger partial charge < -0.3 is 15.4 Å². The molecule has 1 atom stereocenters. The molecule has 1 unspecified atom stereocenters. The number of nitrogens with one attached hydrogen (secondary N) is 2. The van der Waals surface area contributed by atoms with E-state index in [9.17, 15) is 4.79 Å². The Hall–Kier alpha value is -2.33. The van der Waals surface area contributed by atoms with Gasteiger partial charge in [0.25, 0.3) is 0 Å². The first-order valence-corrected chi connectivity index (χ1v) is 9.85. The number of benzene rings is 2. The van der Waals surface area contributed by atoms with Crippen molar-refractivity contribution >= 4 is 6.09 Å². The molecule has 1 saturated heterocycles. The van der Waals surface area contributed by atoms with Crippen LogP contribution in [0.5, 0.6) is 0 Å². The maximum absolute atomic E-state index is 12.3. The van der Waals surface area contributed by atoms with Gasteiger partial charge in [0.2, 0.25) is 0 Å². The van der Waals surface area contributed by atoms with Crippen LogP contribution in [0.1, 0.15) is 30.4 Å². The van der Waals surface area contributed by atoms with Gasteiger partial charge in [-0.25, -0.2) is 4.79 Å². The molecule has 1 aliphatic heterocycles. The van der Waals surface area contributed by atoms with Crippen LogP contribution in [0.2, 0.25) is 0 Å². The minimum absolute atomic E-state index is 0.0468. The Balaban J connectivity index is 1.52. The molecule has 0 spiro atoms. The van der Waals surface area contributed by atoms with Crippen LogP contribution in [0.25, 0.3) is 0 Å². The Morgan fingerprint density at radius 3 is 2.33 bits per heavy atom. The van der Waals surface area contributed by atoms with E-state index in [1.54, 1.807) is 0 Å². The van der Waals surface area contributed by atoms with Crippen LogP contribution < -0.4 is 10.6 Å². The molecule has 0 saturated carbocycles. The summed E-state index contributed by atoms with van der Waals surface area (Å²) in [4.78, 5) is 12.3. The van der Waals surface area contributed by atoms with Crippen molar-refractivity contribution in [2.45, 2.75) is 38.3 Å². The van der Waals surface area contributed by atoms with E-state index in [1.165, 1.54) is 18.4 Å². The smallest absolute Gasteiger partial charge is 0.407 e. The molecule has 1 radical (unpaired) electrons. The lowest BCUT2D eigenvalue weighted by atomic mass is 9.90. The first kappa shape index (κ1) is 19.4. The van der Waals surface area contributed by atoms with Gasteiger partial charge in [0.15, 0.2) is 0 Å². The Bertz CT molecular complexity index is 669. The van der Waals surface area contributed by atoms with E-state index in [2.05, 4.69) is 29.2 Å². The number of rotatable bonds is 8. The second kappa shape index (κ2) is 10.7. The molecule has 4 heteroatoms. The fourth-order valence-electron chi connectivity index (χ4n) is 3.46. The molecule has 1 heterocycles. The van der Waals surface area contributed by atoms with Gasteiger partial charge in [-0.3, -0.25) is 0 Å². The van der Waals surface area contributed by atoms with E-state index in [1.807, 2.05) is 48.5 Å². The quantitative estimate of drug-likeness (QED) is 0.740. The molecule has 2 N–H and O–H groups in total. The molecule has 4 nitrogen and oxygen atoms in total. The molecule has 1 amide bonds. The monoisotopic (exact) mass is 365 g/mol. The van der Waals surface area contributed by atoms with Crippen LogP contribution >= 0.6 is 0 Å². The van der Waals surface area contributed by atoms with Gasteiger partial charge in [0.05, 0.1) is 0 Å². The van der Waals surface area contributed by atoms with Crippen LogP contribution in [-0.4, -0.2) is 25.2 Å². The Morgan fingerprint density at radius 1 is 1.04 bits per heavy atom. The number of alkyl carbamates (subject to hydrolysis) is 1. The summed E-state index contributed by atoms with van der Waals surface area (Å²) in [5.74, 6) is 0.631. The number of piperidine rings is 1. The third-order valence-corrected chi connectivity index (χ3v) is 5.00. The predicted octanol–water partition coefficient (Wildman–Crippen LogP) is 4.12. The first-order chi connectivity index (χ1) is 13.3. The summed E-state index contributed by atoms with van der Waals surface area (Å²) in [6.45, 7) is 2.46. The zero-order valence-electron chi connectivity index (χ0n) is 15.8. The summed E-state index contributed by atoms with van der Waals surface area (Å²) in [5, 5.41) is 6.46. The van der Waals surface area contributed by atoms with Gasteiger partial charge in [0.1, 0.15) is 6.61 Å². The van der Waals surface area contributed by atoms with Crippen molar-refractivity contribution in [1.82, 2.24) is 10.6 Å². The molecule has 3 rings (SSSR count). The van der Waals surface area contributed by atoms with Gasteiger partial charge in [-0.2, -0.15) is 0 Å². The van der Waals surface area contributed by atoms with E-state index < -0.39 is 0 Å². The van der Waals surface area contributed by atoms with E-state index in [0.717, 1.165) is 31.5 Å². The van der Waals surface area contributed by atoms with E-state index in [4.69, 9.17) is 4.74 Å². The van der Waals surface area contributed by atoms with Crippen molar-refractivity contribution in [3.8, 4) is 0 Å². The molecule has 1 fully saturated rings. The van der Waals surface area contributed by atoms with Gasteiger partial charge in [-0.15, -0.1) is 0 Å². The Kier molecular flexibility index (Phi) is 7.72. The zero-order chi connectivity index (χ0) is 18.7. The molecule has 0 bridgehead atoms. The minimum Gasteiger partial charge on any atom is -0.445 e. The highest BCUT2D eigenvalue weighted by Gasteiger charge is 2.19. The summed E-state index contributed by atoms with van der Waals surface area (Å²) in [5.41, 5.74) is 2.22. The van der Waals surface area contributed by atoms with Crippen LogP contribution in [0.15, 0.2) is 60.7 Å². The van der Waals surface area contributed by atoms with Crippen LogP contribution in [0.3, 0.4) is 0 Å². The maximum atomic E-state index is 12.3. The summed E-state index contributed by atoms with van der Waals surface area (Å²) in [7, 11) is 0. The number of hydrogen-bond acceptors (Lipinski definition) is 3. The number of hydrogen-bond donors (Lipinski definition) is 2. The lowest BCUT2D eigenvalue weighted by Gasteiger charge is -2.25. The van der Waals surface area contributed by atoms with E-state index >= 15 is 0 Å². The van der Waals surface area contributed by atoms with Crippen molar-refractivity contribution in [1.29, 1.82) is 0 Å². The van der Waals surface area contributed by atoms with E-state index in [0.29, 0.717) is 12.5 Å². The maximum Gasteiger partial charge on any atom is 0.407 e. The van der Waals surface area contributed by atoms with E-state index in [-0.39, 0.29) is 12.1 Å². The lowest BCUT2D eigenvalue weighted by molar-refractivity contribution is 0.135. The van der Waals surface area contributed by atoms with Crippen molar-refractivity contribution in [3.63, 3.8) is 0 Å². The zero-order valence-corrected chi connectivity index (χ0v) is 15.8. The van der Waals surface area contributed by atoms with Crippen LogP contribution in [0, 0.1) is 12.3 Å².